The molecule has 0 aliphatic heterocycles. The summed E-state index contributed by atoms with van der Waals surface area (Å²) in [7, 11) is 0. The molecule has 20 heavy (non-hydrogen) atoms. The van der Waals surface area contributed by atoms with Gasteiger partial charge in [0.2, 0.25) is 0 Å². The molecule has 0 atom stereocenters. The first-order valence-corrected chi connectivity index (χ1v) is 7.59. The molecular formula is C17H18BrFO. The molecule has 3 heteroatoms. The minimum Gasteiger partial charge on any atom is -0.385 e. The van der Waals surface area contributed by atoms with Gasteiger partial charge in [0.25, 0.3) is 0 Å². The van der Waals surface area contributed by atoms with Crippen LogP contribution in [0.4, 0.5) is 4.39 Å². The lowest BCUT2D eigenvalue weighted by Gasteiger charge is -2.28. The van der Waals surface area contributed by atoms with Crippen LogP contribution in [-0.2, 0) is 5.60 Å². The third-order valence-corrected chi connectivity index (χ3v) is 4.47. The Morgan fingerprint density at radius 2 is 1.65 bits per heavy atom. The third-order valence-electron chi connectivity index (χ3n) is 3.81. The van der Waals surface area contributed by atoms with Gasteiger partial charge < -0.3 is 5.11 Å². The summed E-state index contributed by atoms with van der Waals surface area (Å²) < 4.78 is 15.5. The van der Waals surface area contributed by atoms with E-state index < -0.39 is 5.60 Å². The van der Waals surface area contributed by atoms with Crippen LogP contribution >= 0.6 is 15.9 Å². The maximum absolute atomic E-state index is 14.9. The number of hydrogen-bond donors (Lipinski definition) is 1. The number of benzene rings is 2. The standard InChI is InChI=1S/C17H18BrFO/c1-3-17(20,4-2)15-14(18)11-10-13(16(15)19)12-8-6-5-7-9-12/h5-11,20H,3-4H2,1-2H3. The lowest BCUT2D eigenvalue weighted by molar-refractivity contribution is 0.0242. The fourth-order valence-electron chi connectivity index (χ4n) is 2.42. The van der Waals surface area contributed by atoms with Crippen molar-refractivity contribution in [3.05, 3.63) is 58.3 Å². The Bertz CT molecular complexity index is 591. The summed E-state index contributed by atoms with van der Waals surface area (Å²) in [6.07, 6.45) is 0.939. The van der Waals surface area contributed by atoms with Gasteiger partial charge in [-0.2, -0.15) is 0 Å². The Kier molecular flexibility index (Phi) is 4.61. The van der Waals surface area contributed by atoms with E-state index in [1.165, 1.54) is 0 Å². The average Bonchev–Trinajstić information content (AvgIpc) is 2.48. The molecule has 0 aromatic heterocycles. The largest absolute Gasteiger partial charge is 0.385 e. The second-order valence-corrected chi connectivity index (χ2v) is 5.74. The number of aliphatic hydroxyl groups is 1. The van der Waals surface area contributed by atoms with Gasteiger partial charge >= 0.3 is 0 Å². The first-order chi connectivity index (χ1) is 9.53. The molecule has 0 amide bonds. The van der Waals surface area contributed by atoms with Crippen molar-refractivity contribution >= 4 is 15.9 Å². The number of halogens is 2. The molecule has 0 saturated heterocycles. The summed E-state index contributed by atoms with van der Waals surface area (Å²) in [6, 6.07) is 12.9. The highest BCUT2D eigenvalue weighted by Gasteiger charge is 2.31. The second kappa shape index (κ2) is 6.06. The molecule has 0 fully saturated rings. The molecule has 0 spiro atoms. The van der Waals surface area contributed by atoms with Crippen molar-refractivity contribution in [2.24, 2.45) is 0 Å². The van der Waals surface area contributed by atoms with Crippen LogP contribution in [0, 0.1) is 5.82 Å². The van der Waals surface area contributed by atoms with Crippen molar-refractivity contribution in [1.82, 2.24) is 0 Å². The molecule has 1 nitrogen and oxygen atoms in total. The van der Waals surface area contributed by atoms with E-state index in [2.05, 4.69) is 15.9 Å². The van der Waals surface area contributed by atoms with Gasteiger partial charge in [0.15, 0.2) is 0 Å². The van der Waals surface area contributed by atoms with E-state index >= 15 is 0 Å². The normalized spacial score (nSPS) is 11.7. The molecular weight excluding hydrogens is 319 g/mol. The molecule has 0 aliphatic carbocycles. The van der Waals surface area contributed by atoms with Gasteiger partial charge in [-0.05, 0) is 24.5 Å². The molecule has 106 valence electrons. The first kappa shape index (κ1) is 15.2. The Hall–Kier alpha value is -1.19. The topological polar surface area (TPSA) is 20.2 Å². The molecule has 1 N–H and O–H groups in total. The predicted molar refractivity (Wildman–Crippen MR) is 84.0 cm³/mol. The van der Waals surface area contributed by atoms with Gasteiger partial charge in [-0.25, -0.2) is 4.39 Å². The van der Waals surface area contributed by atoms with Crippen LogP contribution in [0.15, 0.2) is 46.9 Å². The molecule has 2 rings (SSSR count). The average molecular weight is 337 g/mol. The zero-order chi connectivity index (χ0) is 14.8. The van der Waals surface area contributed by atoms with Crippen molar-refractivity contribution in [2.45, 2.75) is 32.3 Å². The van der Waals surface area contributed by atoms with E-state index in [-0.39, 0.29) is 5.82 Å². The molecule has 0 bridgehead atoms. The van der Waals surface area contributed by atoms with Crippen LogP contribution in [0.1, 0.15) is 32.3 Å². The summed E-state index contributed by atoms with van der Waals surface area (Å²) >= 11 is 3.37. The summed E-state index contributed by atoms with van der Waals surface area (Å²) in [5.74, 6) is -0.350. The van der Waals surface area contributed by atoms with Crippen LogP contribution in [-0.4, -0.2) is 5.11 Å². The van der Waals surface area contributed by atoms with Gasteiger partial charge in [0.1, 0.15) is 5.82 Å². The molecule has 0 aliphatic rings. The maximum Gasteiger partial charge on any atom is 0.138 e. The predicted octanol–water partition coefficient (Wildman–Crippen LogP) is 5.26. The fourth-order valence-corrected chi connectivity index (χ4v) is 3.10. The van der Waals surface area contributed by atoms with E-state index in [9.17, 15) is 9.50 Å². The highest BCUT2D eigenvalue weighted by atomic mass is 79.9. The molecule has 0 radical (unpaired) electrons. The Morgan fingerprint density at radius 3 is 2.20 bits per heavy atom. The van der Waals surface area contributed by atoms with Crippen LogP contribution < -0.4 is 0 Å². The first-order valence-electron chi connectivity index (χ1n) is 6.79. The fraction of sp³-hybridized carbons (Fsp3) is 0.294. The number of rotatable bonds is 4. The Morgan fingerprint density at radius 1 is 1.05 bits per heavy atom. The summed E-state index contributed by atoms with van der Waals surface area (Å²) in [5, 5.41) is 10.7. The quantitative estimate of drug-likeness (QED) is 0.806. The summed E-state index contributed by atoms with van der Waals surface area (Å²) in [5.41, 5.74) is 0.537. The van der Waals surface area contributed by atoms with Crippen LogP contribution in [0.2, 0.25) is 0 Å². The third kappa shape index (κ3) is 2.65. The van der Waals surface area contributed by atoms with Crippen molar-refractivity contribution in [1.29, 1.82) is 0 Å². The zero-order valence-electron chi connectivity index (χ0n) is 11.7. The molecule has 2 aromatic carbocycles. The zero-order valence-corrected chi connectivity index (χ0v) is 13.2. The minimum absolute atomic E-state index is 0.350. The van der Waals surface area contributed by atoms with Crippen molar-refractivity contribution in [3.8, 4) is 11.1 Å². The molecule has 0 saturated carbocycles. The Labute approximate surface area is 127 Å². The maximum atomic E-state index is 14.9. The van der Waals surface area contributed by atoms with Crippen LogP contribution in [0.25, 0.3) is 11.1 Å². The highest BCUT2D eigenvalue weighted by Crippen LogP contribution is 2.39. The lowest BCUT2D eigenvalue weighted by atomic mass is 9.86. The van der Waals surface area contributed by atoms with E-state index in [1.807, 2.05) is 44.2 Å². The van der Waals surface area contributed by atoms with Gasteiger partial charge in [0.05, 0.1) is 5.60 Å². The monoisotopic (exact) mass is 336 g/mol. The Balaban J connectivity index is 2.66. The van der Waals surface area contributed by atoms with Gasteiger partial charge in [0, 0.05) is 15.6 Å². The molecule has 0 heterocycles. The van der Waals surface area contributed by atoms with Gasteiger partial charge in [-0.15, -0.1) is 0 Å². The SMILES string of the molecule is CCC(O)(CC)c1c(Br)ccc(-c2ccccc2)c1F. The van der Waals surface area contributed by atoms with Crippen molar-refractivity contribution in [2.75, 3.05) is 0 Å². The van der Waals surface area contributed by atoms with Crippen LogP contribution in [0.3, 0.4) is 0 Å². The van der Waals surface area contributed by atoms with E-state index in [1.54, 1.807) is 12.1 Å². The number of hydrogen-bond acceptors (Lipinski definition) is 1. The van der Waals surface area contributed by atoms with Gasteiger partial charge in [-0.3, -0.25) is 0 Å². The van der Waals surface area contributed by atoms with Crippen LogP contribution in [0.5, 0.6) is 0 Å². The molecule has 0 unspecified atom stereocenters. The van der Waals surface area contributed by atoms with E-state index in [4.69, 9.17) is 0 Å². The van der Waals surface area contributed by atoms with Gasteiger partial charge in [-0.1, -0.05) is 66.2 Å². The lowest BCUT2D eigenvalue weighted by Crippen LogP contribution is -2.26. The molecule has 2 aromatic rings. The highest BCUT2D eigenvalue weighted by molar-refractivity contribution is 9.10. The van der Waals surface area contributed by atoms with Crippen molar-refractivity contribution in [3.63, 3.8) is 0 Å². The summed E-state index contributed by atoms with van der Waals surface area (Å²) in [4.78, 5) is 0. The summed E-state index contributed by atoms with van der Waals surface area (Å²) in [6.45, 7) is 3.73. The second-order valence-electron chi connectivity index (χ2n) is 4.89. The van der Waals surface area contributed by atoms with Crippen molar-refractivity contribution < 1.29 is 9.50 Å². The smallest absolute Gasteiger partial charge is 0.138 e. The minimum atomic E-state index is -1.15. The van der Waals surface area contributed by atoms with E-state index in [0.29, 0.717) is 28.4 Å². The van der Waals surface area contributed by atoms with E-state index in [0.717, 1.165) is 5.56 Å².